The number of carbonyl (C=O) groups excluding carboxylic acids is 1. The fourth-order valence-electron chi connectivity index (χ4n) is 1.84. The van der Waals surface area contributed by atoms with Gasteiger partial charge in [-0.1, -0.05) is 0 Å². The number of aromatic nitrogens is 4. The third-order valence-corrected chi connectivity index (χ3v) is 3.11. The maximum atomic E-state index is 11.8. The average Bonchev–Trinajstić information content (AvgIpc) is 2.64. The fraction of sp³-hybridized carbons (Fsp3) is 0.385. The Bertz CT molecular complexity index is 669. The molecule has 0 unspecified atom stereocenters. The molecule has 2 aromatic rings. The van der Waals surface area contributed by atoms with E-state index in [1.165, 1.54) is 0 Å². The molecule has 0 saturated heterocycles. The molecule has 1 amide bonds. The molecule has 20 heavy (non-hydrogen) atoms. The number of amides is 1. The van der Waals surface area contributed by atoms with E-state index in [1.54, 1.807) is 23.9 Å². The second-order valence-corrected chi connectivity index (χ2v) is 4.61. The van der Waals surface area contributed by atoms with Gasteiger partial charge in [0, 0.05) is 24.4 Å². The number of anilines is 1. The quantitative estimate of drug-likeness (QED) is 0.867. The van der Waals surface area contributed by atoms with Crippen LogP contribution in [0.3, 0.4) is 0 Å². The second kappa shape index (κ2) is 5.68. The van der Waals surface area contributed by atoms with E-state index in [4.69, 9.17) is 0 Å². The van der Waals surface area contributed by atoms with Gasteiger partial charge in [-0.25, -0.2) is 14.8 Å². The van der Waals surface area contributed by atoms with Gasteiger partial charge >= 0.3 is 5.69 Å². The molecule has 0 fully saturated rings. The van der Waals surface area contributed by atoms with Crippen LogP contribution in [0.4, 0.5) is 5.69 Å². The summed E-state index contributed by atoms with van der Waals surface area (Å²) in [6.45, 7) is 5.79. The molecule has 106 valence electrons. The Morgan fingerprint density at radius 3 is 2.50 bits per heavy atom. The predicted molar refractivity (Wildman–Crippen MR) is 74.5 cm³/mol. The van der Waals surface area contributed by atoms with Crippen molar-refractivity contribution in [2.45, 2.75) is 33.7 Å². The van der Waals surface area contributed by atoms with Gasteiger partial charge in [-0.05, 0) is 20.8 Å². The summed E-state index contributed by atoms with van der Waals surface area (Å²) >= 11 is 0. The minimum absolute atomic E-state index is 0.178. The molecule has 2 rings (SSSR count). The highest BCUT2D eigenvalue weighted by Crippen LogP contribution is 2.05. The Labute approximate surface area is 116 Å². The lowest BCUT2D eigenvalue weighted by atomic mass is 10.3. The third kappa shape index (κ3) is 3.11. The van der Waals surface area contributed by atoms with Crippen LogP contribution in [-0.2, 0) is 11.3 Å². The Morgan fingerprint density at radius 2 is 1.95 bits per heavy atom. The monoisotopic (exact) mass is 275 g/mol. The number of hydrogen-bond acceptors (Lipinski definition) is 4. The van der Waals surface area contributed by atoms with E-state index in [-0.39, 0.29) is 18.0 Å². The average molecular weight is 275 g/mol. The standard InChI is InChI=1S/C13H17N5O2/c1-8-9(2)18(13(20)16-8)5-4-12(19)17-11-6-14-10(3)15-7-11/h6-7H,4-5H2,1-3H3,(H,16,20)(H,17,19). The van der Waals surface area contributed by atoms with Gasteiger partial charge in [0.05, 0.1) is 18.1 Å². The van der Waals surface area contributed by atoms with Crippen molar-refractivity contribution in [1.82, 2.24) is 19.5 Å². The van der Waals surface area contributed by atoms with Crippen LogP contribution in [0.5, 0.6) is 0 Å². The molecular weight excluding hydrogens is 258 g/mol. The van der Waals surface area contributed by atoms with E-state index in [1.807, 2.05) is 13.8 Å². The van der Waals surface area contributed by atoms with Gasteiger partial charge in [0.25, 0.3) is 0 Å². The maximum absolute atomic E-state index is 11.8. The zero-order valence-corrected chi connectivity index (χ0v) is 11.7. The van der Waals surface area contributed by atoms with Crippen LogP contribution in [0.15, 0.2) is 17.2 Å². The molecule has 0 radical (unpaired) electrons. The van der Waals surface area contributed by atoms with Crippen molar-refractivity contribution in [3.05, 3.63) is 40.1 Å². The minimum atomic E-state index is -0.188. The normalized spacial score (nSPS) is 10.6. The molecular formula is C13H17N5O2. The molecule has 0 aliphatic heterocycles. The summed E-state index contributed by atoms with van der Waals surface area (Å²) in [5, 5.41) is 2.70. The minimum Gasteiger partial charge on any atom is -0.323 e. The van der Waals surface area contributed by atoms with Crippen LogP contribution in [-0.4, -0.2) is 25.4 Å². The van der Waals surface area contributed by atoms with Gasteiger partial charge in [0.2, 0.25) is 5.91 Å². The molecule has 0 bridgehead atoms. The molecule has 0 saturated carbocycles. The van der Waals surface area contributed by atoms with Crippen LogP contribution >= 0.6 is 0 Å². The number of hydrogen-bond donors (Lipinski definition) is 2. The lowest BCUT2D eigenvalue weighted by molar-refractivity contribution is -0.116. The van der Waals surface area contributed by atoms with Crippen LogP contribution in [0.25, 0.3) is 0 Å². The Hall–Kier alpha value is -2.44. The highest BCUT2D eigenvalue weighted by molar-refractivity contribution is 5.90. The molecule has 2 N–H and O–H groups in total. The van der Waals surface area contributed by atoms with Crippen molar-refractivity contribution in [1.29, 1.82) is 0 Å². The summed E-state index contributed by atoms with van der Waals surface area (Å²) in [5.41, 5.74) is 2.03. The van der Waals surface area contributed by atoms with Gasteiger partial charge in [0.1, 0.15) is 5.82 Å². The number of H-pyrrole nitrogens is 1. The largest absolute Gasteiger partial charge is 0.325 e. The number of imidazole rings is 1. The predicted octanol–water partition coefficient (Wildman–Crippen LogP) is 0.920. The molecule has 2 heterocycles. The summed E-state index contributed by atoms with van der Waals surface area (Å²) < 4.78 is 1.56. The van der Waals surface area contributed by atoms with Gasteiger partial charge in [0.15, 0.2) is 0 Å². The summed E-state index contributed by atoms with van der Waals surface area (Å²) in [6.07, 6.45) is 3.32. The van der Waals surface area contributed by atoms with E-state index < -0.39 is 0 Å². The van der Waals surface area contributed by atoms with Crippen LogP contribution in [0.2, 0.25) is 0 Å². The summed E-state index contributed by atoms with van der Waals surface area (Å²) in [6, 6.07) is 0. The van der Waals surface area contributed by atoms with Crippen molar-refractivity contribution in [3.63, 3.8) is 0 Å². The molecule has 0 aliphatic rings. The van der Waals surface area contributed by atoms with Crippen molar-refractivity contribution >= 4 is 11.6 Å². The number of aromatic amines is 1. The molecule has 7 nitrogen and oxygen atoms in total. The number of nitrogens with one attached hydrogen (secondary N) is 2. The van der Waals surface area contributed by atoms with E-state index in [2.05, 4.69) is 20.3 Å². The van der Waals surface area contributed by atoms with Crippen LogP contribution in [0, 0.1) is 20.8 Å². The molecule has 2 aromatic heterocycles. The van der Waals surface area contributed by atoms with Gasteiger partial charge < -0.3 is 10.3 Å². The fourth-order valence-corrected chi connectivity index (χ4v) is 1.84. The number of carbonyl (C=O) groups is 1. The second-order valence-electron chi connectivity index (χ2n) is 4.61. The highest BCUT2D eigenvalue weighted by atomic mass is 16.2. The summed E-state index contributed by atoms with van der Waals surface area (Å²) in [7, 11) is 0. The van der Waals surface area contributed by atoms with E-state index >= 15 is 0 Å². The lowest BCUT2D eigenvalue weighted by Crippen LogP contribution is -2.22. The molecule has 0 aromatic carbocycles. The summed E-state index contributed by atoms with van der Waals surface area (Å²) in [4.78, 5) is 34.1. The number of aryl methyl sites for hydroxylation is 2. The first-order valence-corrected chi connectivity index (χ1v) is 6.32. The zero-order valence-electron chi connectivity index (χ0n) is 11.7. The SMILES string of the molecule is Cc1ncc(NC(=O)CCn2c(C)c(C)[nH]c2=O)cn1. The van der Waals surface area contributed by atoms with Gasteiger partial charge in [-0.2, -0.15) is 0 Å². The first-order chi connectivity index (χ1) is 9.47. The molecule has 0 spiro atoms. The Balaban J connectivity index is 1.95. The Kier molecular flexibility index (Phi) is 3.97. The van der Waals surface area contributed by atoms with Crippen molar-refractivity contribution in [2.75, 3.05) is 5.32 Å². The zero-order chi connectivity index (χ0) is 14.7. The molecule has 0 aliphatic carbocycles. The first kappa shape index (κ1) is 14.0. The highest BCUT2D eigenvalue weighted by Gasteiger charge is 2.09. The smallest absolute Gasteiger partial charge is 0.323 e. The third-order valence-electron chi connectivity index (χ3n) is 3.11. The van der Waals surface area contributed by atoms with Gasteiger partial charge in [-0.3, -0.25) is 9.36 Å². The van der Waals surface area contributed by atoms with Gasteiger partial charge in [-0.15, -0.1) is 0 Å². The van der Waals surface area contributed by atoms with Crippen molar-refractivity contribution in [2.24, 2.45) is 0 Å². The van der Waals surface area contributed by atoms with Crippen molar-refractivity contribution in [3.8, 4) is 0 Å². The molecule has 7 heteroatoms. The number of rotatable bonds is 4. The number of nitrogens with zero attached hydrogens (tertiary/aromatic N) is 3. The van der Waals surface area contributed by atoms with E-state index in [0.717, 1.165) is 11.4 Å². The van der Waals surface area contributed by atoms with E-state index in [0.29, 0.717) is 18.1 Å². The summed E-state index contributed by atoms with van der Waals surface area (Å²) in [5.74, 6) is 0.468. The van der Waals surface area contributed by atoms with E-state index in [9.17, 15) is 9.59 Å². The lowest BCUT2D eigenvalue weighted by Gasteiger charge is -2.06. The first-order valence-electron chi connectivity index (χ1n) is 6.32. The van der Waals surface area contributed by atoms with Crippen LogP contribution in [0.1, 0.15) is 23.6 Å². The molecule has 0 atom stereocenters. The topological polar surface area (TPSA) is 92.7 Å². The van der Waals surface area contributed by atoms with Crippen LogP contribution < -0.4 is 11.0 Å². The Morgan fingerprint density at radius 1 is 1.30 bits per heavy atom. The maximum Gasteiger partial charge on any atom is 0.325 e. The van der Waals surface area contributed by atoms with Crippen molar-refractivity contribution < 1.29 is 4.79 Å².